The maximum atomic E-state index is 3.99. The maximum Gasteiger partial charge on any atom is 0.160 e. The molecule has 0 fully saturated rings. The van der Waals surface area contributed by atoms with Crippen LogP contribution in [0.2, 0.25) is 0 Å². The fraction of sp³-hybridized carbons (Fsp3) is 0.200. The van der Waals surface area contributed by atoms with Gasteiger partial charge in [-0.15, -0.1) is 11.8 Å². The zero-order valence-corrected chi connectivity index (χ0v) is 29.3. The van der Waals surface area contributed by atoms with E-state index in [2.05, 4.69) is 189 Å². The van der Waals surface area contributed by atoms with E-state index >= 15 is 0 Å². The second-order valence-electron chi connectivity index (χ2n) is 14.9. The van der Waals surface area contributed by atoms with E-state index in [9.17, 15) is 0 Å². The molecule has 0 spiro atoms. The maximum absolute atomic E-state index is 3.99. The van der Waals surface area contributed by atoms with E-state index in [4.69, 9.17) is 0 Å². The number of nitrogens with zero attached hydrogens (tertiary/aromatic N) is 1. The first-order valence-corrected chi connectivity index (χ1v) is 18.2. The number of benzene rings is 5. The summed E-state index contributed by atoms with van der Waals surface area (Å²) < 4.78 is 2.47. The van der Waals surface area contributed by atoms with E-state index in [0.717, 1.165) is 5.70 Å². The van der Waals surface area contributed by atoms with Crippen molar-refractivity contribution in [2.75, 3.05) is 0 Å². The molecule has 2 aliphatic heterocycles. The summed E-state index contributed by atoms with van der Waals surface area (Å²) in [4.78, 5) is 1.37. The second-order valence-corrected chi connectivity index (χ2v) is 16.1. The molecule has 242 valence electrons. The Balaban J connectivity index is 1.17. The number of aromatic nitrogens is 1. The van der Waals surface area contributed by atoms with Crippen molar-refractivity contribution >= 4 is 39.3 Å². The number of fused-ring (bicyclic) bond motifs is 6. The van der Waals surface area contributed by atoms with E-state index in [1.807, 2.05) is 11.8 Å². The minimum atomic E-state index is -0.182. The molecule has 3 heterocycles. The molecule has 3 nitrogen and oxygen atoms in total. The van der Waals surface area contributed by atoms with Gasteiger partial charge in [-0.3, -0.25) is 5.32 Å². The summed E-state index contributed by atoms with van der Waals surface area (Å²) in [5, 5.41) is 10.9. The van der Waals surface area contributed by atoms with Crippen LogP contribution in [0, 0.1) is 0 Å². The van der Waals surface area contributed by atoms with Crippen molar-refractivity contribution in [3.8, 4) is 11.1 Å². The minimum absolute atomic E-state index is 0.0265. The van der Waals surface area contributed by atoms with Gasteiger partial charge < -0.3 is 9.88 Å². The Morgan fingerprint density at radius 2 is 1.45 bits per heavy atom. The predicted molar refractivity (Wildman–Crippen MR) is 208 cm³/mol. The van der Waals surface area contributed by atoms with Crippen LogP contribution >= 0.6 is 11.8 Å². The molecule has 0 saturated heterocycles. The highest BCUT2D eigenvalue weighted by molar-refractivity contribution is 8.00. The van der Waals surface area contributed by atoms with E-state index < -0.39 is 0 Å². The number of rotatable bonds is 4. The molecular formula is C45H41N3S. The topological polar surface area (TPSA) is 29.0 Å². The molecule has 2 N–H and O–H groups in total. The van der Waals surface area contributed by atoms with Crippen molar-refractivity contribution in [2.24, 2.45) is 0 Å². The fourth-order valence-corrected chi connectivity index (χ4v) is 9.41. The van der Waals surface area contributed by atoms with E-state index in [1.54, 1.807) is 0 Å². The summed E-state index contributed by atoms with van der Waals surface area (Å²) in [6.07, 6.45) is 11.3. The van der Waals surface area contributed by atoms with Crippen molar-refractivity contribution in [1.82, 2.24) is 15.2 Å². The molecule has 4 atom stereocenters. The zero-order valence-electron chi connectivity index (χ0n) is 28.4. The normalized spacial score (nSPS) is 22.9. The van der Waals surface area contributed by atoms with Gasteiger partial charge in [0.1, 0.15) is 0 Å². The lowest BCUT2D eigenvalue weighted by Crippen LogP contribution is -2.43. The van der Waals surface area contributed by atoms with Crippen LogP contribution in [0.5, 0.6) is 0 Å². The monoisotopic (exact) mass is 655 g/mol. The summed E-state index contributed by atoms with van der Waals surface area (Å²) in [7, 11) is 0. The Hall–Kier alpha value is -4.77. The highest BCUT2D eigenvalue weighted by Gasteiger charge is 2.42. The van der Waals surface area contributed by atoms with Crippen LogP contribution in [-0.2, 0) is 10.8 Å². The molecule has 49 heavy (non-hydrogen) atoms. The standard InChI is InChI=1S/C45H41N3S/c1-44(2,3)33-21-17-29(18-22-33)31-19-23-35-34-14-8-9-15-39(34)48(40(35)26-31)43-46-37(30-12-6-5-7-13-30)28-38(47-43)32-20-24-36-41(27-32)49-42-16-10-11-25-45(36,42)4/h5-28,37,42-43,46-47H,1-4H3. The largest absolute Gasteiger partial charge is 0.352 e. The molecule has 1 aliphatic carbocycles. The number of para-hydroxylation sites is 1. The SMILES string of the molecule is CC(C)(C)c1ccc(-c2ccc3c4ccccc4n(C4NC(c5ccc6c(c5)SC5C=CC=CC65C)=CC(c5ccccc5)N4)c3c2)cc1. The Labute approximate surface area is 293 Å². The lowest BCUT2D eigenvalue weighted by molar-refractivity contribution is 0.350. The average molecular weight is 656 g/mol. The molecular weight excluding hydrogens is 615 g/mol. The Morgan fingerprint density at radius 3 is 2.27 bits per heavy atom. The molecule has 4 heteroatoms. The minimum Gasteiger partial charge on any atom is -0.352 e. The third-order valence-electron chi connectivity index (χ3n) is 10.7. The van der Waals surface area contributed by atoms with Crippen LogP contribution in [0.3, 0.4) is 0 Å². The first-order chi connectivity index (χ1) is 23.8. The van der Waals surface area contributed by atoms with Crippen molar-refractivity contribution in [3.05, 3.63) is 168 Å². The Kier molecular flexibility index (Phi) is 7.05. The summed E-state index contributed by atoms with van der Waals surface area (Å²) in [5.41, 5.74) is 11.4. The highest BCUT2D eigenvalue weighted by Crippen LogP contribution is 2.52. The summed E-state index contributed by atoms with van der Waals surface area (Å²) in [6.45, 7) is 9.18. The van der Waals surface area contributed by atoms with E-state index in [0.29, 0.717) is 5.25 Å². The molecule has 3 aliphatic rings. The second kappa shape index (κ2) is 11.4. The predicted octanol–water partition coefficient (Wildman–Crippen LogP) is 11.0. The number of thioether (sulfide) groups is 1. The first kappa shape index (κ1) is 30.3. The lowest BCUT2D eigenvalue weighted by Gasteiger charge is -2.34. The van der Waals surface area contributed by atoms with Gasteiger partial charge in [0.25, 0.3) is 0 Å². The van der Waals surface area contributed by atoms with Gasteiger partial charge in [0, 0.05) is 32.0 Å². The van der Waals surface area contributed by atoms with Crippen molar-refractivity contribution in [3.63, 3.8) is 0 Å². The van der Waals surface area contributed by atoms with Gasteiger partial charge in [0.05, 0.1) is 17.1 Å². The molecule has 0 amide bonds. The third-order valence-corrected chi connectivity index (χ3v) is 12.2. The summed E-state index contributed by atoms with van der Waals surface area (Å²) in [6, 6.07) is 42.7. The van der Waals surface area contributed by atoms with Crippen LogP contribution < -0.4 is 10.6 Å². The Bertz CT molecular complexity index is 2320. The highest BCUT2D eigenvalue weighted by atomic mass is 32.2. The number of nitrogens with one attached hydrogen (secondary N) is 2. The van der Waals surface area contributed by atoms with Crippen LogP contribution in [0.1, 0.15) is 62.3 Å². The fourth-order valence-electron chi connectivity index (χ4n) is 7.90. The number of hydrogen-bond acceptors (Lipinski definition) is 3. The van der Waals surface area contributed by atoms with Crippen molar-refractivity contribution in [1.29, 1.82) is 0 Å². The smallest absolute Gasteiger partial charge is 0.160 e. The molecule has 0 saturated carbocycles. The molecule has 4 unspecified atom stereocenters. The molecule has 0 bridgehead atoms. The quantitative estimate of drug-likeness (QED) is 0.198. The summed E-state index contributed by atoms with van der Waals surface area (Å²) in [5.74, 6) is 0. The van der Waals surface area contributed by atoms with E-state index in [1.165, 1.54) is 60.1 Å². The van der Waals surface area contributed by atoms with Gasteiger partial charge in [0.2, 0.25) is 0 Å². The molecule has 5 aromatic carbocycles. The van der Waals surface area contributed by atoms with Crippen molar-refractivity contribution < 1.29 is 0 Å². The van der Waals surface area contributed by atoms with Gasteiger partial charge in [-0.2, -0.15) is 0 Å². The Morgan fingerprint density at radius 1 is 0.714 bits per heavy atom. The van der Waals surface area contributed by atoms with Gasteiger partial charge in [-0.05, 0) is 63.1 Å². The number of hydrogen-bond donors (Lipinski definition) is 2. The van der Waals surface area contributed by atoms with Gasteiger partial charge in [-0.1, -0.05) is 149 Å². The zero-order chi connectivity index (χ0) is 33.3. The molecule has 6 aromatic rings. The van der Waals surface area contributed by atoms with E-state index in [-0.39, 0.29) is 23.2 Å². The van der Waals surface area contributed by atoms with Gasteiger partial charge >= 0.3 is 0 Å². The third kappa shape index (κ3) is 5.08. The lowest BCUT2D eigenvalue weighted by atomic mass is 9.77. The summed E-state index contributed by atoms with van der Waals surface area (Å²) >= 11 is 1.98. The average Bonchev–Trinajstić information content (AvgIpc) is 3.62. The van der Waals surface area contributed by atoms with Crippen LogP contribution in [-0.4, -0.2) is 9.82 Å². The molecule has 1 aromatic heterocycles. The molecule has 9 rings (SSSR count). The van der Waals surface area contributed by atoms with Crippen LogP contribution in [0.25, 0.3) is 38.6 Å². The van der Waals surface area contributed by atoms with Crippen LogP contribution in [0.4, 0.5) is 0 Å². The number of allylic oxidation sites excluding steroid dienone is 3. The van der Waals surface area contributed by atoms with Crippen LogP contribution in [0.15, 0.2) is 151 Å². The first-order valence-electron chi connectivity index (χ1n) is 17.4. The van der Waals surface area contributed by atoms with Gasteiger partial charge in [-0.25, -0.2) is 0 Å². The molecule has 0 radical (unpaired) electrons. The van der Waals surface area contributed by atoms with Gasteiger partial charge in [0.15, 0.2) is 6.29 Å². The van der Waals surface area contributed by atoms with Crippen molar-refractivity contribution in [2.45, 2.75) is 61.0 Å².